The molecule has 2 aliphatic rings. The summed E-state index contributed by atoms with van der Waals surface area (Å²) in [6.45, 7) is 0. The van der Waals surface area contributed by atoms with Crippen molar-refractivity contribution in [1.29, 1.82) is 0 Å². The largest absolute Gasteiger partial charge is 0.449 e. The highest BCUT2D eigenvalue weighted by Gasteiger charge is 2.25. The van der Waals surface area contributed by atoms with Crippen LogP contribution in [0.1, 0.15) is 18.4 Å². The summed E-state index contributed by atoms with van der Waals surface area (Å²) in [5.41, 5.74) is 10.5. The molecule has 0 bridgehead atoms. The van der Waals surface area contributed by atoms with E-state index in [0.717, 1.165) is 68.2 Å². The molecule has 1 aliphatic heterocycles. The van der Waals surface area contributed by atoms with Crippen LogP contribution in [-0.4, -0.2) is 19.5 Å². The zero-order valence-corrected chi connectivity index (χ0v) is 30.8. The van der Waals surface area contributed by atoms with Gasteiger partial charge in [0.15, 0.2) is 40.5 Å². The van der Waals surface area contributed by atoms with Crippen LogP contribution in [0, 0.1) is 0 Å². The first-order valence-corrected chi connectivity index (χ1v) is 19.2. The van der Waals surface area contributed by atoms with Gasteiger partial charge in [-0.3, -0.25) is 0 Å². The van der Waals surface area contributed by atoms with Crippen molar-refractivity contribution in [2.45, 2.75) is 12.8 Å². The van der Waals surface area contributed by atoms with Crippen LogP contribution in [0.2, 0.25) is 0 Å². The predicted octanol–water partition coefficient (Wildman–Crippen LogP) is 13.3. The Labute approximate surface area is 329 Å². The lowest BCUT2D eigenvalue weighted by atomic mass is 9.96. The van der Waals surface area contributed by atoms with E-state index in [1.807, 2.05) is 36.4 Å². The minimum atomic E-state index is 0.602. The summed E-state index contributed by atoms with van der Waals surface area (Å²) in [6, 6.07) is 56.1. The normalized spacial score (nSPS) is 13.1. The highest BCUT2D eigenvalue weighted by Crippen LogP contribution is 2.50. The molecule has 0 spiro atoms. The minimum Gasteiger partial charge on any atom is -0.449 e. The molecule has 6 heteroatoms. The van der Waals surface area contributed by atoms with Crippen molar-refractivity contribution in [2.24, 2.45) is 0 Å². The molecule has 11 rings (SSSR count). The Morgan fingerprint density at radius 3 is 1.84 bits per heavy atom. The van der Waals surface area contributed by atoms with E-state index in [4.69, 9.17) is 24.4 Å². The second-order valence-electron chi connectivity index (χ2n) is 14.3. The molecule has 0 N–H and O–H groups in total. The maximum absolute atomic E-state index is 6.59. The van der Waals surface area contributed by atoms with E-state index < -0.39 is 0 Å². The summed E-state index contributed by atoms with van der Waals surface area (Å²) in [7, 11) is 0. The summed E-state index contributed by atoms with van der Waals surface area (Å²) >= 11 is 0. The maximum Gasteiger partial charge on any atom is 0.194 e. The zero-order valence-electron chi connectivity index (χ0n) is 30.8. The number of nitrogens with zero attached hydrogens (tertiary/aromatic N) is 4. The van der Waals surface area contributed by atoms with Gasteiger partial charge in [0.1, 0.15) is 5.52 Å². The van der Waals surface area contributed by atoms with Gasteiger partial charge in [-0.2, -0.15) is 0 Å². The van der Waals surface area contributed by atoms with Gasteiger partial charge in [0.05, 0.1) is 5.52 Å². The summed E-state index contributed by atoms with van der Waals surface area (Å²) in [4.78, 5) is 15.4. The molecule has 0 saturated heterocycles. The minimum absolute atomic E-state index is 0.602. The summed E-state index contributed by atoms with van der Waals surface area (Å²) in [6.07, 6.45) is 8.60. The molecule has 0 atom stereocenters. The van der Waals surface area contributed by atoms with E-state index in [-0.39, 0.29) is 0 Å². The fourth-order valence-corrected chi connectivity index (χ4v) is 8.00. The first-order valence-electron chi connectivity index (χ1n) is 19.2. The van der Waals surface area contributed by atoms with E-state index in [2.05, 4.69) is 150 Å². The highest BCUT2D eigenvalue weighted by molar-refractivity contribution is 6.12. The molecule has 0 unspecified atom stereocenters. The fourth-order valence-electron chi connectivity index (χ4n) is 8.00. The Balaban J connectivity index is 1.04. The molecule has 7 aromatic carbocycles. The molecule has 6 nitrogen and oxygen atoms in total. The average Bonchev–Trinajstić information content (AvgIpc) is 3.64. The fraction of sp³-hybridized carbons (Fsp3) is 0.0392. The number of hydrogen-bond donors (Lipinski definition) is 0. The van der Waals surface area contributed by atoms with Crippen molar-refractivity contribution < 1.29 is 9.47 Å². The van der Waals surface area contributed by atoms with Gasteiger partial charge in [-0.05, 0) is 102 Å². The lowest BCUT2D eigenvalue weighted by Gasteiger charge is -2.22. The van der Waals surface area contributed by atoms with Gasteiger partial charge in [0, 0.05) is 33.2 Å². The summed E-state index contributed by atoms with van der Waals surface area (Å²) in [5, 5.41) is 2.22. The van der Waals surface area contributed by atoms with Gasteiger partial charge in [0.2, 0.25) is 0 Å². The second kappa shape index (κ2) is 13.6. The molecule has 1 aliphatic carbocycles. The molecule has 0 fully saturated rings. The van der Waals surface area contributed by atoms with Crippen LogP contribution in [0.25, 0.3) is 78.4 Å². The number of fused-ring (bicyclic) bond motifs is 6. The van der Waals surface area contributed by atoms with Gasteiger partial charge in [-0.1, -0.05) is 115 Å². The number of rotatable bonds is 6. The smallest absolute Gasteiger partial charge is 0.194 e. The van der Waals surface area contributed by atoms with Crippen LogP contribution in [0.5, 0.6) is 23.0 Å². The highest BCUT2D eigenvalue weighted by atomic mass is 16.6. The summed E-state index contributed by atoms with van der Waals surface area (Å²) < 4.78 is 15.2. The maximum atomic E-state index is 6.59. The van der Waals surface area contributed by atoms with Crippen molar-refractivity contribution in [3.63, 3.8) is 0 Å². The van der Waals surface area contributed by atoms with Gasteiger partial charge in [0.25, 0.3) is 0 Å². The number of ether oxygens (including phenoxy) is 2. The van der Waals surface area contributed by atoms with Gasteiger partial charge < -0.3 is 14.0 Å². The summed E-state index contributed by atoms with van der Waals surface area (Å²) in [5.74, 6) is 4.62. The van der Waals surface area contributed by atoms with Crippen LogP contribution < -0.4 is 9.47 Å². The zero-order chi connectivity index (χ0) is 37.7. The van der Waals surface area contributed by atoms with Gasteiger partial charge >= 0.3 is 0 Å². The quantitative estimate of drug-likeness (QED) is 0.170. The standard InChI is InChI=1S/C51H34N4O2/c1-3-13-33(14-4-1)36-17-11-19-38(31-36)50-52-49(53-51(54-50)39-20-12-18-37(32-39)34-15-5-2-6-16-34)35-25-27-40(28-26-35)55-43-22-8-7-21-41(43)42-29-30-46-48(47(42)55)57-45-24-10-9-23-44(45)56-46/h1-5,7-15,17-32H,6,16H2. The molecule has 57 heavy (non-hydrogen) atoms. The Morgan fingerprint density at radius 2 is 1.09 bits per heavy atom. The third-order valence-electron chi connectivity index (χ3n) is 10.8. The average molecular weight is 735 g/mol. The van der Waals surface area contributed by atoms with E-state index in [1.54, 1.807) is 0 Å². The third kappa shape index (κ3) is 5.86. The lowest BCUT2D eigenvalue weighted by Crippen LogP contribution is -2.02. The SMILES string of the molecule is C1=CCCC(c2cccc(-c3nc(-c4ccc(-n5c6ccccc6c6ccc7c(c65)Oc5ccccc5O7)cc4)nc(-c4cccc(-c5ccccc5)c4)n3)c2)=C1. The molecule has 0 radical (unpaired) electrons. The van der Waals surface area contributed by atoms with Crippen molar-refractivity contribution in [3.8, 4) is 74.0 Å². The van der Waals surface area contributed by atoms with Gasteiger partial charge in [-0.25, -0.2) is 15.0 Å². The Bertz CT molecular complexity index is 3070. The number of aromatic nitrogens is 4. The van der Waals surface area contributed by atoms with Crippen LogP contribution in [0.3, 0.4) is 0 Å². The Morgan fingerprint density at radius 1 is 0.456 bits per heavy atom. The van der Waals surface area contributed by atoms with Gasteiger partial charge in [-0.15, -0.1) is 0 Å². The van der Waals surface area contributed by atoms with Crippen molar-refractivity contribution in [1.82, 2.24) is 19.5 Å². The molecular weight excluding hydrogens is 701 g/mol. The van der Waals surface area contributed by atoms with Crippen molar-refractivity contribution >= 4 is 27.4 Å². The second-order valence-corrected chi connectivity index (χ2v) is 14.3. The Kier molecular flexibility index (Phi) is 7.84. The number of allylic oxidation sites excluding steroid dienone is 4. The molecule has 270 valence electrons. The number of benzene rings is 7. The molecular formula is C51H34N4O2. The molecule has 0 amide bonds. The molecule has 0 saturated carbocycles. The number of para-hydroxylation sites is 3. The van der Waals surface area contributed by atoms with Crippen molar-refractivity contribution in [2.75, 3.05) is 0 Å². The first-order chi connectivity index (χ1) is 28.2. The predicted molar refractivity (Wildman–Crippen MR) is 229 cm³/mol. The molecule has 9 aromatic rings. The van der Waals surface area contributed by atoms with E-state index >= 15 is 0 Å². The van der Waals surface area contributed by atoms with Crippen LogP contribution in [0.15, 0.2) is 182 Å². The van der Waals surface area contributed by atoms with E-state index in [9.17, 15) is 0 Å². The van der Waals surface area contributed by atoms with Crippen molar-refractivity contribution in [3.05, 3.63) is 188 Å². The third-order valence-corrected chi connectivity index (χ3v) is 10.8. The lowest BCUT2D eigenvalue weighted by molar-refractivity contribution is 0.362. The van der Waals surface area contributed by atoms with E-state index in [1.165, 1.54) is 11.1 Å². The van der Waals surface area contributed by atoms with E-state index in [0.29, 0.717) is 40.5 Å². The first kappa shape index (κ1) is 32.8. The monoisotopic (exact) mass is 734 g/mol. The van der Waals surface area contributed by atoms with Crippen LogP contribution in [0.4, 0.5) is 0 Å². The molecule has 2 aromatic heterocycles. The Hall–Kier alpha value is -7.57. The van der Waals surface area contributed by atoms with Crippen LogP contribution >= 0.6 is 0 Å². The van der Waals surface area contributed by atoms with Crippen LogP contribution in [-0.2, 0) is 0 Å². The number of hydrogen-bond acceptors (Lipinski definition) is 5. The topological polar surface area (TPSA) is 62.1 Å². The molecule has 3 heterocycles.